The van der Waals surface area contributed by atoms with Gasteiger partial charge in [-0.3, -0.25) is 0 Å². The molecule has 5 aliphatic carbocycles. The lowest BCUT2D eigenvalue weighted by Gasteiger charge is -2.66. The highest BCUT2D eigenvalue weighted by Crippen LogP contribution is 2.89. The van der Waals surface area contributed by atoms with E-state index in [0.29, 0.717) is 38.5 Å². The minimum atomic E-state index is -1.80. The molecule has 0 unspecified atom stereocenters. The molecule has 4 aliphatic heterocycles. The first-order valence-electron chi connectivity index (χ1n) is 24.4. The molecule has 380 valence electrons. The Morgan fingerprint density at radius 1 is 0.561 bits per heavy atom. The van der Waals surface area contributed by atoms with E-state index in [9.17, 15) is 61.3 Å². The van der Waals surface area contributed by atoms with E-state index < -0.39 is 151 Å². The molecule has 4 heterocycles. The third-order valence-corrected chi connectivity index (χ3v) is 19.8. The summed E-state index contributed by atoms with van der Waals surface area (Å²) >= 11 is 0. The summed E-state index contributed by atoms with van der Waals surface area (Å²) in [6.07, 6.45) is -18.1. The predicted molar refractivity (Wildman–Crippen MR) is 226 cm³/mol. The summed E-state index contributed by atoms with van der Waals surface area (Å²) in [5, 5.41) is 130. The van der Waals surface area contributed by atoms with Crippen molar-refractivity contribution in [2.75, 3.05) is 19.8 Å². The molecule has 0 aromatic heterocycles. The molecule has 9 fully saturated rings. The van der Waals surface area contributed by atoms with Crippen LogP contribution in [0, 0.1) is 44.8 Å². The van der Waals surface area contributed by atoms with Gasteiger partial charge in [0.1, 0.15) is 67.1 Å². The molecule has 66 heavy (non-hydrogen) atoms. The Bertz CT molecular complexity index is 1770. The maximum absolute atomic E-state index is 12.4. The summed E-state index contributed by atoms with van der Waals surface area (Å²) in [6, 6.07) is 0. The molecular formula is C47H78O19. The van der Waals surface area contributed by atoms with Crippen molar-refractivity contribution in [3.8, 4) is 0 Å². The predicted octanol–water partition coefficient (Wildman–Crippen LogP) is -1.45. The maximum atomic E-state index is 12.4. The maximum Gasteiger partial charge on any atom is 0.187 e. The minimum absolute atomic E-state index is 0.0169. The van der Waals surface area contributed by atoms with Crippen molar-refractivity contribution in [2.45, 2.75) is 228 Å². The molecule has 26 atom stereocenters. The van der Waals surface area contributed by atoms with Gasteiger partial charge in [-0.25, -0.2) is 0 Å². The molecule has 4 saturated heterocycles. The number of aliphatic hydroxyl groups excluding tert-OH is 12. The number of rotatable bonds is 9. The van der Waals surface area contributed by atoms with Crippen molar-refractivity contribution in [1.82, 2.24) is 0 Å². The quantitative estimate of drug-likeness (QED) is 0.118. The average molecular weight is 947 g/mol. The van der Waals surface area contributed by atoms with E-state index in [1.54, 1.807) is 0 Å². The van der Waals surface area contributed by atoms with Gasteiger partial charge < -0.3 is 94.4 Å². The van der Waals surface area contributed by atoms with Gasteiger partial charge in [0.25, 0.3) is 0 Å². The van der Waals surface area contributed by atoms with Crippen LogP contribution in [-0.4, -0.2) is 203 Å². The summed E-state index contributed by atoms with van der Waals surface area (Å²) < 4.78 is 44.3. The molecule has 5 saturated carbocycles. The van der Waals surface area contributed by atoms with Crippen molar-refractivity contribution in [3.63, 3.8) is 0 Å². The highest BCUT2D eigenvalue weighted by molar-refractivity contribution is 5.33. The van der Waals surface area contributed by atoms with E-state index in [1.165, 1.54) is 0 Å². The Morgan fingerprint density at radius 3 is 1.76 bits per heavy atom. The lowest BCUT2D eigenvalue weighted by molar-refractivity contribution is -0.369. The molecule has 2 spiro atoms. The molecule has 19 nitrogen and oxygen atoms in total. The fraction of sp³-hybridized carbons (Fsp3) is 1.00. The van der Waals surface area contributed by atoms with Gasteiger partial charge in [0, 0.05) is 5.92 Å². The van der Waals surface area contributed by atoms with Gasteiger partial charge in [-0.2, -0.15) is 0 Å². The number of fused-ring (bicyclic) bond motifs is 2. The summed E-state index contributed by atoms with van der Waals surface area (Å²) in [7, 11) is 0. The Labute approximate surface area is 386 Å². The first kappa shape index (κ1) is 50.2. The van der Waals surface area contributed by atoms with E-state index in [-0.39, 0.29) is 35.2 Å². The SMILES string of the molecule is CC1(C)O[C@@](C)([C@H]2[C@@H](O)C[C@@]3(C)[C@@H]4C[C@H](O[C@@H]5O[C@H](CO)[C@@H](O)[C@H](O)[C@H]5O)[C@H]5C(C)(C)[C@@H](O[C@@H]6OC[C@@H](O)[C@H](O)[C@H]6O[C@@H]6O[C@H](CO)[C@@H](O)[C@H](O)[C@H]6O)CC[C@@]56C[C@@]46CC[C@]23C)CC[C@@H]1O. The van der Waals surface area contributed by atoms with Crippen LogP contribution in [0.3, 0.4) is 0 Å². The van der Waals surface area contributed by atoms with E-state index >= 15 is 0 Å². The molecule has 0 aromatic carbocycles. The van der Waals surface area contributed by atoms with Crippen molar-refractivity contribution in [2.24, 2.45) is 44.8 Å². The number of hydrogen-bond donors (Lipinski definition) is 12. The minimum Gasteiger partial charge on any atom is -0.394 e. The van der Waals surface area contributed by atoms with E-state index in [2.05, 4.69) is 34.6 Å². The average Bonchev–Trinajstić information content (AvgIpc) is 3.85. The normalized spacial score (nSPS) is 58.7. The Balaban J connectivity index is 1.05. The van der Waals surface area contributed by atoms with Crippen LogP contribution in [0.1, 0.15) is 106 Å². The first-order valence-corrected chi connectivity index (χ1v) is 24.4. The van der Waals surface area contributed by atoms with Crippen LogP contribution >= 0.6 is 0 Å². The molecule has 0 radical (unpaired) electrons. The second kappa shape index (κ2) is 16.9. The zero-order valence-electron chi connectivity index (χ0n) is 39.3. The molecule has 9 aliphatic rings. The Kier molecular flexibility index (Phi) is 12.9. The first-order chi connectivity index (χ1) is 30.8. The Hall–Kier alpha value is -0.760. The molecule has 19 heteroatoms. The van der Waals surface area contributed by atoms with Crippen LogP contribution in [0.15, 0.2) is 0 Å². The lowest BCUT2D eigenvalue weighted by Crippen LogP contribution is -2.66. The van der Waals surface area contributed by atoms with Crippen molar-refractivity contribution in [1.29, 1.82) is 0 Å². The van der Waals surface area contributed by atoms with E-state index in [0.717, 1.165) is 19.3 Å². The van der Waals surface area contributed by atoms with Crippen LogP contribution < -0.4 is 0 Å². The summed E-state index contributed by atoms with van der Waals surface area (Å²) in [4.78, 5) is 0. The summed E-state index contributed by atoms with van der Waals surface area (Å²) in [6.45, 7) is 13.0. The van der Waals surface area contributed by atoms with Crippen LogP contribution in [0.4, 0.5) is 0 Å². The van der Waals surface area contributed by atoms with Crippen LogP contribution in [0.2, 0.25) is 0 Å². The van der Waals surface area contributed by atoms with Crippen molar-refractivity contribution >= 4 is 0 Å². The van der Waals surface area contributed by atoms with E-state index in [4.69, 9.17) is 33.2 Å². The molecule has 12 N–H and O–H groups in total. The topological polar surface area (TPSA) is 307 Å². The zero-order chi connectivity index (χ0) is 48.1. The van der Waals surface area contributed by atoms with Gasteiger partial charge in [0.2, 0.25) is 0 Å². The lowest BCUT2D eigenvalue weighted by atomic mass is 9.41. The van der Waals surface area contributed by atoms with Gasteiger partial charge in [-0.15, -0.1) is 0 Å². The van der Waals surface area contributed by atoms with Gasteiger partial charge in [0.05, 0.1) is 55.4 Å². The number of aliphatic hydroxyl groups is 12. The van der Waals surface area contributed by atoms with Gasteiger partial charge in [0.15, 0.2) is 18.9 Å². The van der Waals surface area contributed by atoms with Gasteiger partial charge in [-0.1, -0.05) is 27.7 Å². The fourth-order valence-corrected chi connectivity index (χ4v) is 16.5. The standard InChI is InChI=1S/C47H78O19/c1-41(2)27(64-40-35(28(53)21(51)18-60-40)65-39-34(59)32(57)30(55)24(17-49)63-39)9-11-47-19-46(47)13-12-43(5)36(45(7)10-8-26(52)42(3,4)66-45)20(50)15-44(43,6)25(46)14-22(37(41)47)61-38-33(58)31(56)29(54)23(16-48)62-38/h20-40,48-59H,8-19H2,1-7H3/t20-,21+,22-,23+,24+,25-,26-,27-,28-,29+,30+,31-,32-,33+,34+,35+,36-,37-,38+,39-,40-,43+,44-,45+,46-,47+/m0/s1. The molecule has 9 rings (SSSR count). The van der Waals surface area contributed by atoms with Crippen molar-refractivity contribution in [3.05, 3.63) is 0 Å². The molecule has 0 amide bonds. The van der Waals surface area contributed by atoms with E-state index in [1.807, 2.05) is 13.8 Å². The zero-order valence-corrected chi connectivity index (χ0v) is 39.3. The van der Waals surface area contributed by atoms with Crippen LogP contribution in [-0.2, 0) is 33.2 Å². The third-order valence-electron chi connectivity index (χ3n) is 19.8. The van der Waals surface area contributed by atoms with Gasteiger partial charge in [-0.05, 0) is 117 Å². The monoisotopic (exact) mass is 947 g/mol. The molecule has 0 bridgehead atoms. The summed E-state index contributed by atoms with van der Waals surface area (Å²) in [5.41, 5.74) is -3.59. The second-order valence-electron chi connectivity index (χ2n) is 23.8. The van der Waals surface area contributed by atoms with Gasteiger partial charge >= 0.3 is 0 Å². The second-order valence-corrected chi connectivity index (χ2v) is 23.8. The van der Waals surface area contributed by atoms with Crippen molar-refractivity contribution < 1.29 is 94.4 Å². The van der Waals surface area contributed by atoms with Crippen LogP contribution in [0.5, 0.6) is 0 Å². The number of ether oxygens (including phenoxy) is 7. The number of hydrogen-bond acceptors (Lipinski definition) is 19. The molecular weight excluding hydrogens is 868 g/mol. The Morgan fingerprint density at radius 2 is 1.17 bits per heavy atom. The largest absolute Gasteiger partial charge is 0.394 e. The fourth-order valence-electron chi connectivity index (χ4n) is 16.5. The highest BCUT2D eigenvalue weighted by Gasteiger charge is 2.85. The van der Waals surface area contributed by atoms with Crippen LogP contribution in [0.25, 0.3) is 0 Å². The smallest absolute Gasteiger partial charge is 0.187 e. The summed E-state index contributed by atoms with van der Waals surface area (Å²) in [5.74, 6) is -0.504. The molecule has 0 aromatic rings. The third kappa shape index (κ3) is 7.22. The highest BCUT2D eigenvalue weighted by atomic mass is 16.8.